The first-order valence-electron chi connectivity index (χ1n) is 9.87. The molecule has 0 atom stereocenters. The van der Waals surface area contributed by atoms with Crippen molar-refractivity contribution >= 4 is 45.1 Å². The molecule has 2 aliphatic rings. The molecule has 1 N–H and O–H groups in total. The van der Waals surface area contributed by atoms with Gasteiger partial charge in [0.05, 0.1) is 16.0 Å². The van der Waals surface area contributed by atoms with Crippen molar-refractivity contribution in [2.75, 3.05) is 0 Å². The third-order valence-corrected chi connectivity index (χ3v) is 6.16. The summed E-state index contributed by atoms with van der Waals surface area (Å²) in [5.74, 6) is -1.41. The number of hydrogen-bond acceptors (Lipinski definition) is 6. The zero-order chi connectivity index (χ0) is 20.1. The number of benzene rings is 1. The molecule has 0 unspecified atom stereocenters. The Morgan fingerprint density at radius 1 is 0.793 bits per heavy atom. The minimum atomic E-state index is -4.60. The van der Waals surface area contributed by atoms with Crippen molar-refractivity contribution in [2.45, 2.75) is 81.3 Å². The topological polar surface area (TPSA) is 107 Å². The number of esters is 2. The molecule has 0 bridgehead atoms. The van der Waals surface area contributed by atoms with E-state index in [4.69, 9.17) is 9.47 Å². The summed E-state index contributed by atoms with van der Waals surface area (Å²) in [4.78, 5) is 24.5. The minimum Gasteiger partial charge on any atom is -1.00 e. The van der Waals surface area contributed by atoms with Gasteiger partial charge >= 0.3 is 35.0 Å². The maximum atomic E-state index is 12.5. The molecule has 2 aliphatic carbocycles. The van der Waals surface area contributed by atoms with Crippen LogP contribution in [0.1, 0.15) is 87.8 Å². The van der Waals surface area contributed by atoms with Crippen LogP contribution in [0.5, 0.6) is 0 Å². The van der Waals surface area contributed by atoms with Crippen molar-refractivity contribution in [3.05, 3.63) is 29.3 Å². The van der Waals surface area contributed by atoms with Gasteiger partial charge in [-0.2, -0.15) is 8.42 Å². The smallest absolute Gasteiger partial charge is 1.00 e. The van der Waals surface area contributed by atoms with Crippen LogP contribution in [-0.2, 0) is 19.6 Å². The van der Waals surface area contributed by atoms with Gasteiger partial charge in [0.15, 0.2) is 0 Å². The Morgan fingerprint density at radius 3 is 1.52 bits per heavy atom. The third kappa shape index (κ3) is 6.94. The molecule has 3 rings (SSSR count). The van der Waals surface area contributed by atoms with E-state index in [0.29, 0.717) is 0 Å². The van der Waals surface area contributed by atoms with E-state index < -0.39 is 27.0 Å². The van der Waals surface area contributed by atoms with Gasteiger partial charge in [-0.15, -0.1) is 0 Å². The van der Waals surface area contributed by atoms with Crippen LogP contribution in [0, 0.1) is 0 Å². The summed E-state index contributed by atoms with van der Waals surface area (Å²) in [7, 11) is -4.60. The Hall–Kier alpha value is -1.16. The molecule has 0 radical (unpaired) electrons. The molecule has 2 saturated carbocycles. The molecular weight excluding hydrogens is 409 g/mol. The number of ether oxygens (including phenoxy) is 2. The summed E-state index contributed by atoms with van der Waals surface area (Å²) in [6.07, 6.45) is 8.73. The average molecular weight is 437 g/mol. The molecule has 7 nitrogen and oxygen atoms in total. The number of carbonyl (C=O) groups excluding carboxylic acids is 2. The molecule has 0 heterocycles. The first-order chi connectivity index (χ1) is 13.3. The Morgan fingerprint density at radius 2 is 1.17 bits per heavy atom. The van der Waals surface area contributed by atoms with E-state index in [-0.39, 0.29) is 49.2 Å². The summed E-state index contributed by atoms with van der Waals surface area (Å²) in [5.41, 5.74) is -0.174. The summed E-state index contributed by atoms with van der Waals surface area (Å²) < 4.78 is 43.6. The largest absolute Gasteiger partial charge is 2.00 e. The van der Waals surface area contributed by atoms with Crippen molar-refractivity contribution in [3.8, 4) is 0 Å². The van der Waals surface area contributed by atoms with Crippen molar-refractivity contribution in [2.24, 2.45) is 0 Å². The Bertz CT molecular complexity index is 786. The molecule has 0 aromatic heterocycles. The van der Waals surface area contributed by atoms with E-state index in [0.717, 1.165) is 76.3 Å². The van der Waals surface area contributed by atoms with E-state index in [1.54, 1.807) is 0 Å². The summed E-state index contributed by atoms with van der Waals surface area (Å²) in [5, 5.41) is 0. The maximum Gasteiger partial charge on any atom is 2.00 e. The normalized spacial score (nSPS) is 18.5. The first-order valence-corrected chi connectivity index (χ1v) is 11.3. The van der Waals surface area contributed by atoms with Crippen molar-refractivity contribution < 1.29 is 34.9 Å². The molecule has 1 aromatic rings. The maximum absolute atomic E-state index is 12.5. The molecule has 158 valence electrons. The van der Waals surface area contributed by atoms with Gasteiger partial charge in [-0.3, -0.25) is 4.55 Å². The predicted octanol–water partition coefficient (Wildman–Crippen LogP) is 3.76. The molecule has 0 spiro atoms. The van der Waals surface area contributed by atoms with E-state index >= 15 is 0 Å². The second-order valence-corrected chi connectivity index (χ2v) is 8.97. The monoisotopic (exact) mass is 436 g/mol. The molecule has 9 heteroatoms. The van der Waals surface area contributed by atoms with E-state index in [1.807, 2.05) is 0 Å². The SMILES string of the molecule is O=C(OC1CCCCC1)c1cc(C(=O)OC2CCCCC2)cc(S(=O)(=O)O)c1.[H-].[H-].[Mg+2]. The average Bonchev–Trinajstić information content (AvgIpc) is 2.68. The Labute approximate surface area is 190 Å². The van der Waals surface area contributed by atoms with Crippen LogP contribution < -0.4 is 0 Å². The number of rotatable bonds is 5. The van der Waals surface area contributed by atoms with Crippen LogP contribution in [-0.4, -0.2) is 60.2 Å². The van der Waals surface area contributed by atoms with Gasteiger partial charge in [-0.05, 0) is 69.6 Å². The van der Waals surface area contributed by atoms with Gasteiger partial charge in [0.2, 0.25) is 0 Å². The summed E-state index contributed by atoms with van der Waals surface area (Å²) >= 11 is 0. The molecule has 2 fully saturated rings. The van der Waals surface area contributed by atoms with Crippen molar-refractivity contribution in [1.82, 2.24) is 0 Å². The fourth-order valence-electron chi connectivity index (χ4n) is 3.79. The van der Waals surface area contributed by atoms with E-state index in [2.05, 4.69) is 0 Å². The van der Waals surface area contributed by atoms with Crippen LogP contribution in [0.4, 0.5) is 0 Å². The second kappa shape index (κ2) is 10.7. The van der Waals surface area contributed by atoms with Gasteiger partial charge in [-0.25, -0.2) is 9.59 Å². The van der Waals surface area contributed by atoms with Crippen LogP contribution in [0.15, 0.2) is 23.1 Å². The minimum absolute atomic E-state index is 0. The van der Waals surface area contributed by atoms with Crippen molar-refractivity contribution in [3.63, 3.8) is 0 Å². The fraction of sp³-hybridized carbons (Fsp3) is 0.600. The van der Waals surface area contributed by atoms with Crippen LogP contribution in [0.25, 0.3) is 0 Å². The zero-order valence-electron chi connectivity index (χ0n) is 18.5. The molecule has 0 saturated heterocycles. The predicted molar refractivity (Wildman–Crippen MR) is 109 cm³/mol. The second-order valence-electron chi connectivity index (χ2n) is 7.55. The molecule has 0 amide bonds. The van der Waals surface area contributed by atoms with Crippen LogP contribution in [0.3, 0.4) is 0 Å². The van der Waals surface area contributed by atoms with E-state index in [9.17, 15) is 22.6 Å². The van der Waals surface area contributed by atoms with Crippen molar-refractivity contribution in [1.29, 1.82) is 0 Å². The Balaban J connectivity index is 0.00000300. The van der Waals surface area contributed by atoms with E-state index in [1.165, 1.54) is 6.07 Å². The molecule has 0 aliphatic heterocycles. The van der Waals surface area contributed by atoms with Gasteiger partial charge < -0.3 is 12.3 Å². The molecular formula is C20H28MgO7S. The fourth-order valence-corrected chi connectivity index (χ4v) is 4.34. The third-order valence-electron chi connectivity index (χ3n) is 5.33. The summed E-state index contributed by atoms with van der Waals surface area (Å²) in [6.45, 7) is 0. The quantitative estimate of drug-likeness (QED) is 0.425. The number of hydrogen-bond donors (Lipinski definition) is 1. The molecule has 29 heavy (non-hydrogen) atoms. The first kappa shape index (κ1) is 24.1. The van der Waals surface area contributed by atoms with Gasteiger partial charge in [0.1, 0.15) is 12.2 Å². The van der Waals surface area contributed by atoms with Gasteiger partial charge in [0, 0.05) is 0 Å². The number of carbonyl (C=O) groups is 2. The van der Waals surface area contributed by atoms with Crippen LogP contribution >= 0.6 is 0 Å². The summed E-state index contributed by atoms with van der Waals surface area (Å²) in [6, 6.07) is 3.32. The van der Waals surface area contributed by atoms with Crippen LogP contribution in [0.2, 0.25) is 0 Å². The van der Waals surface area contributed by atoms with Gasteiger partial charge in [0.25, 0.3) is 10.1 Å². The Kier molecular flexibility index (Phi) is 8.93. The zero-order valence-corrected chi connectivity index (χ0v) is 18.7. The van der Waals surface area contributed by atoms with Gasteiger partial charge in [-0.1, -0.05) is 12.8 Å². The molecule has 1 aromatic carbocycles. The standard InChI is InChI=1S/C20H26O7S.Mg.2H/c21-19(26-16-7-3-1-4-8-16)14-11-15(13-18(12-14)28(23,24)25)20(22)27-17-9-5-2-6-10-17;;;/h11-13,16-17H,1-10H2,(H,23,24,25);;;/q;+2;2*-1.